The number of thiophene rings is 1. The molecule has 0 radical (unpaired) electrons. The monoisotopic (exact) mass is 655 g/mol. The van der Waals surface area contributed by atoms with Crippen molar-refractivity contribution in [1.29, 1.82) is 0 Å². The van der Waals surface area contributed by atoms with Crippen LogP contribution in [-0.2, 0) is 0 Å². The second-order valence-corrected chi connectivity index (χ2v) is 13.7. The van der Waals surface area contributed by atoms with Crippen molar-refractivity contribution < 1.29 is 0 Å². The third kappa shape index (κ3) is 4.73. The smallest absolute Gasteiger partial charge is 0.160 e. The molecule has 50 heavy (non-hydrogen) atoms. The van der Waals surface area contributed by atoms with Gasteiger partial charge in [0.15, 0.2) is 5.82 Å². The topological polar surface area (TPSA) is 30.7 Å². The Morgan fingerprint density at radius 1 is 0.400 bits per heavy atom. The fourth-order valence-corrected chi connectivity index (χ4v) is 8.47. The van der Waals surface area contributed by atoms with Gasteiger partial charge in [-0.2, -0.15) is 0 Å². The highest BCUT2D eigenvalue weighted by Crippen LogP contribution is 2.41. The van der Waals surface area contributed by atoms with Gasteiger partial charge < -0.3 is 4.57 Å². The van der Waals surface area contributed by atoms with Crippen LogP contribution in [0.1, 0.15) is 0 Å². The molecule has 3 aromatic heterocycles. The molecule has 0 aliphatic rings. The lowest BCUT2D eigenvalue weighted by Gasteiger charge is -2.11. The fraction of sp³-hybridized carbons (Fsp3) is 0. The van der Waals surface area contributed by atoms with E-state index < -0.39 is 0 Å². The van der Waals surface area contributed by atoms with Gasteiger partial charge in [-0.05, 0) is 59.7 Å². The van der Waals surface area contributed by atoms with Crippen LogP contribution in [0, 0.1) is 0 Å². The molecule has 0 bridgehead atoms. The van der Waals surface area contributed by atoms with Crippen LogP contribution in [-0.4, -0.2) is 14.5 Å². The number of rotatable bonds is 5. The maximum absolute atomic E-state index is 5.33. The Morgan fingerprint density at radius 2 is 1.02 bits per heavy atom. The molecule has 0 saturated carbocycles. The van der Waals surface area contributed by atoms with E-state index >= 15 is 0 Å². The molecule has 10 rings (SSSR count). The number of para-hydroxylation sites is 2. The molecule has 0 amide bonds. The predicted molar refractivity (Wildman–Crippen MR) is 211 cm³/mol. The van der Waals surface area contributed by atoms with Crippen molar-refractivity contribution >= 4 is 53.3 Å². The van der Waals surface area contributed by atoms with E-state index in [4.69, 9.17) is 9.97 Å². The summed E-state index contributed by atoms with van der Waals surface area (Å²) >= 11 is 1.83. The summed E-state index contributed by atoms with van der Waals surface area (Å²) in [5.41, 5.74) is 10.8. The SMILES string of the molecule is c1ccc(-c2ccc(-c3cc(-c4cccc5c4sc4ccccc45)nc(-c4ccc5c(c4)c4ccccc4n5-c4ccccc4)n3)cc2)cc1. The van der Waals surface area contributed by atoms with Gasteiger partial charge in [0.05, 0.1) is 22.4 Å². The van der Waals surface area contributed by atoms with Gasteiger partial charge >= 0.3 is 0 Å². The second kappa shape index (κ2) is 11.7. The maximum Gasteiger partial charge on any atom is 0.160 e. The standard InChI is InChI=1S/C46H29N3S/c1-3-12-30(13-4-1)31-22-24-32(25-23-31)40-29-41(38-19-11-18-37-36-17-8-10-21-44(36)50-45(37)38)48-46(47-40)33-26-27-43-39(28-33)35-16-7-9-20-42(35)49(43)34-14-5-2-6-15-34/h1-29H. The molecule has 3 heterocycles. The summed E-state index contributed by atoms with van der Waals surface area (Å²) in [6.07, 6.45) is 0. The Hall–Kier alpha value is -6.36. The van der Waals surface area contributed by atoms with Gasteiger partial charge in [0.1, 0.15) is 0 Å². The molecule has 0 atom stereocenters. The molecule has 10 aromatic rings. The third-order valence-corrected chi connectivity index (χ3v) is 10.9. The van der Waals surface area contributed by atoms with Gasteiger partial charge in [-0.3, -0.25) is 0 Å². The number of nitrogens with zero attached hydrogens (tertiary/aromatic N) is 3. The van der Waals surface area contributed by atoms with E-state index in [1.54, 1.807) is 0 Å². The normalized spacial score (nSPS) is 11.6. The van der Waals surface area contributed by atoms with Crippen LogP contribution in [0.3, 0.4) is 0 Å². The largest absolute Gasteiger partial charge is 0.309 e. The Labute approximate surface area is 293 Å². The number of aromatic nitrogens is 3. The molecule has 0 unspecified atom stereocenters. The minimum Gasteiger partial charge on any atom is -0.309 e. The van der Waals surface area contributed by atoms with Crippen molar-refractivity contribution in [3.05, 3.63) is 176 Å². The van der Waals surface area contributed by atoms with Crippen LogP contribution in [0.5, 0.6) is 0 Å². The zero-order chi connectivity index (χ0) is 33.0. The Kier molecular flexibility index (Phi) is 6.68. The molecule has 4 heteroatoms. The van der Waals surface area contributed by atoms with Crippen molar-refractivity contribution in [1.82, 2.24) is 14.5 Å². The number of benzene rings is 7. The number of hydrogen-bond donors (Lipinski definition) is 0. The van der Waals surface area contributed by atoms with E-state index in [0.29, 0.717) is 5.82 Å². The maximum atomic E-state index is 5.33. The highest BCUT2D eigenvalue weighted by molar-refractivity contribution is 7.26. The summed E-state index contributed by atoms with van der Waals surface area (Å²) in [6, 6.07) is 62.4. The van der Waals surface area contributed by atoms with Crippen LogP contribution in [0.25, 0.3) is 92.7 Å². The first-order valence-corrected chi connectivity index (χ1v) is 17.6. The average Bonchev–Trinajstić information content (AvgIpc) is 3.74. The lowest BCUT2D eigenvalue weighted by molar-refractivity contribution is 1.17. The highest BCUT2D eigenvalue weighted by Gasteiger charge is 2.18. The molecule has 0 aliphatic carbocycles. The van der Waals surface area contributed by atoms with Gasteiger partial charge in [0, 0.05) is 53.3 Å². The molecular formula is C46H29N3S. The molecule has 0 aliphatic heterocycles. The van der Waals surface area contributed by atoms with Crippen molar-refractivity contribution in [2.24, 2.45) is 0 Å². The Balaban J connectivity index is 1.18. The van der Waals surface area contributed by atoms with Crippen molar-refractivity contribution in [3.63, 3.8) is 0 Å². The Bertz CT molecular complexity index is 2850. The molecule has 0 spiro atoms. The van der Waals surface area contributed by atoms with Gasteiger partial charge in [-0.1, -0.05) is 127 Å². The van der Waals surface area contributed by atoms with E-state index in [9.17, 15) is 0 Å². The number of fused-ring (bicyclic) bond motifs is 6. The van der Waals surface area contributed by atoms with Gasteiger partial charge in [0.25, 0.3) is 0 Å². The summed E-state index contributed by atoms with van der Waals surface area (Å²) in [4.78, 5) is 10.6. The average molecular weight is 656 g/mol. The highest BCUT2D eigenvalue weighted by atomic mass is 32.1. The minimum atomic E-state index is 0.709. The van der Waals surface area contributed by atoms with Gasteiger partial charge in [-0.15, -0.1) is 11.3 Å². The van der Waals surface area contributed by atoms with Crippen LogP contribution in [0.4, 0.5) is 0 Å². The number of hydrogen-bond acceptors (Lipinski definition) is 3. The summed E-state index contributed by atoms with van der Waals surface area (Å²) in [5.74, 6) is 0.709. The zero-order valence-electron chi connectivity index (χ0n) is 27.0. The zero-order valence-corrected chi connectivity index (χ0v) is 27.8. The van der Waals surface area contributed by atoms with Crippen LogP contribution < -0.4 is 0 Å². The van der Waals surface area contributed by atoms with Gasteiger partial charge in [-0.25, -0.2) is 9.97 Å². The lowest BCUT2D eigenvalue weighted by atomic mass is 10.0. The molecule has 0 fully saturated rings. The van der Waals surface area contributed by atoms with E-state index in [0.717, 1.165) is 39.3 Å². The summed E-state index contributed by atoms with van der Waals surface area (Å²) < 4.78 is 4.86. The van der Waals surface area contributed by atoms with E-state index in [1.165, 1.54) is 47.6 Å². The molecule has 234 valence electrons. The second-order valence-electron chi connectivity index (χ2n) is 12.6. The molecule has 3 nitrogen and oxygen atoms in total. The quantitative estimate of drug-likeness (QED) is 0.185. The molecule has 0 saturated heterocycles. The molecular weight excluding hydrogens is 627 g/mol. The van der Waals surface area contributed by atoms with Crippen molar-refractivity contribution in [2.45, 2.75) is 0 Å². The first-order valence-electron chi connectivity index (χ1n) is 16.8. The molecule has 0 N–H and O–H groups in total. The van der Waals surface area contributed by atoms with E-state index in [1.807, 2.05) is 11.3 Å². The first-order chi connectivity index (χ1) is 24.8. The molecule has 7 aromatic carbocycles. The first kappa shape index (κ1) is 28.6. The lowest BCUT2D eigenvalue weighted by Crippen LogP contribution is -1.96. The Morgan fingerprint density at radius 3 is 1.86 bits per heavy atom. The van der Waals surface area contributed by atoms with Gasteiger partial charge in [0.2, 0.25) is 0 Å². The van der Waals surface area contributed by atoms with Crippen LogP contribution >= 0.6 is 11.3 Å². The predicted octanol–water partition coefficient (Wildman–Crippen LogP) is 12.6. The third-order valence-electron chi connectivity index (χ3n) is 9.64. The van der Waals surface area contributed by atoms with Crippen LogP contribution in [0.2, 0.25) is 0 Å². The van der Waals surface area contributed by atoms with Crippen molar-refractivity contribution in [3.8, 4) is 50.7 Å². The van der Waals surface area contributed by atoms with E-state index in [-0.39, 0.29) is 0 Å². The summed E-state index contributed by atoms with van der Waals surface area (Å²) in [6.45, 7) is 0. The van der Waals surface area contributed by atoms with Crippen LogP contribution in [0.15, 0.2) is 176 Å². The van der Waals surface area contributed by atoms with Crippen molar-refractivity contribution in [2.75, 3.05) is 0 Å². The summed E-state index contributed by atoms with van der Waals surface area (Å²) in [7, 11) is 0. The van der Waals surface area contributed by atoms with E-state index in [2.05, 4.69) is 180 Å². The fourth-order valence-electron chi connectivity index (χ4n) is 7.24. The summed E-state index contributed by atoms with van der Waals surface area (Å²) in [5, 5.41) is 4.92. The minimum absolute atomic E-state index is 0.709.